The highest BCUT2D eigenvalue weighted by atomic mass is 19.1. The summed E-state index contributed by atoms with van der Waals surface area (Å²) in [5.74, 6) is 1.01. The molecule has 3 heterocycles. The summed E-state index contributed by atoms with van der Waals surface area (Å²) in [6.45, 7) is 2.99. The number of nitrogens with one attached hydrogen (secondary N) is 2. The summed E-state index contributed by atoms with van der Waals surface area (Å²) in [6.07, 6.45) is 0. The summed E-state index contributed by atoms with van der Waals surface area (Å²) in [7, 11) is 0. The van der Waals surface area contributed by atoms with Crippen LogP contribution in [0.1, 0.15) is 5.56 Å². The lowest BCUT2D eigenvalue weighted by atomic mass is 10.1. The lowest BCUT2D eigenvalue weighted by molar-refractivity contribution is 0.122. The smallest absolute Gasteiger partial charge is 0.253 e. The van der Waals surface area contributed by atoms with Crippen LogP contribution in [0.3, 0.4) is 0 Å². The van der Waals surface area contributed by atoms with Crippen LogP contribution in [0.4, 0.5) is 22.0 Å². The Morgan fingerprint density at radius 2 is 2.04 bits per heavy atom. The topological polar surface area (TPSA) is 109 Å². The molecule has 0 amide bonds. The third-order valence-electron chi connectivity index (χ3n) is 4.41. The largest absolute Gasteiger partial charge is 0.378 e. The molecule has 0 spiro atoms. The second-order valence-electron chi connectivity index (χ2n) is 6.28. The van der Waals surface area contributed by atoms with Gasteiger partial charge in [-0.05, 0) is 29.7 Å². The number of aromatic nitrogens is 3. The van der Waals surface area contributed by atoms with Gasteiger partial charge in [0.05, 0.1) is 18.7 Å². The molecule has 1 aliphatic rings. The molecule has 27 heavy (non-hydrogen) atoms. The van der Waals surface area contributed by atoms with E-state index in [2.05, 4.69) is 25.2 Å². The Bertz CT molecular complexity index is 1030. The lowest BCUT2D eigenvalue weighted by Crippen LogP contribution is -2.37. The molecule has 3 aromatic rings. The van der Waals surface area contributed by atoms with E-state index in [9.17, 15) is 9.18 Å². The molecule has 9 heteroatoms. The van der Waals surface area contributed by atoms with Gasteiger partial charge in [0.15, 0.2) is 0 Å². The van der Waals surface area contributed by atoms with Crippen molar-refractivity contribution in [3.63, 3.8) is 0 Å². The lowest BCUT2D eigenvalue weighted by Gasteiger charge is -2.28. The monoisotopic (exact) mass is 370 g/mol. The van der Waals surface area contributed by atoms with E-state index in [1.54, 1.807) is 18.2 Å². The van der Waals surface area contributed by atoms with E-state index in [0.717, 1.165) is 24.3 Å². The molecule has 2 aromatic heterocycles. The van der Waals surface area contributed by atoms with Gasteiger partial charge in [-0.1, -0.05) is 0 Å². The van der Waals surface area contributed by atoms with Gasteiger partial charge in [-0.3, -0.25) is 4.79 Å². The first-order valence-electron chi connectivity index (χ1n) is 8.61. The highest BCUT2D eigenvalue weighted by molar-refractivity contribution is 5.78. The average molecular weight is 370 g/mol. The quantitative estimate of drug-likeness (QED) is 0.638. The van der Waals surface area contributed by atoms with E-state index in [0.29, 0.717) is 30.1 Å². The number of H-pyrrole nitrogens is 1. The summed E-state index contributed by atoms with van der Waals surface area (Å²) in [5, 5.41) is 3.87. The van der Waals surface area contributed by atoms with Crippen molar-refractivity contribution in [3.8, 4) is 0 Å². The molecule has 8 nitrogen and oxygen atoms in total. The summed E-state index contributed by atoms with van der Waals surface area (Å²) >= 11 is 0. The second-order valence-corrected chi connectivity index (χ2v) is 6.28. The van der Waals surface area contributed by atoms with Gasteiger partial charge >= 0.3 is 0 Å². The number of ether oxygens (including phenoxy) is 1. The number of nitrogens with zero attached hydrogens (tertiary/aromatic N) is 3. The predicted molar refractivity (Wildman–Crippen MR) is 101 cm³/mol. The number of rotatable bonds is 4. The molecule has 0 aliphatic carbocycles. The summed E-state index contributed by atoms with van der Waals surface area (Å²) in [5.41, 5.74) is 6.52. The van der Waals surface area contributed by atoms with Gasteiger partial charge in [0.1, 0.15) is 17.5 Å². The van der Waals surface area contributed by atoms with E-state index in [4.69, 9.17) is 10.5 Å². The molecule has 0 bridgehead atoms. The maximum absolute atomic E-state index is 13.3. The van der Waals surface area contributed by atoms with E-state index < -0.39 is 5.82 Å². The van der Waals surface area contributed by atoms with Crippen molar-refractivity contribution in [1.82, 2.24) is 15.0 Å². The molecule has 0 saturated carbocycles. The molecular weight excluding hydrogens is 351 g/mol. The minimum absolute atomic E-state index is 0.157. The van der Waals surface area contributed by atoms with Gasteiger partial charge in [-0.15, -0.1) is 0 Å². The van der Waals surface area contributed by atoms with Crippen molar-refractivity contribution in [2.75, 3.05) is 42.3 Å². The Morgan fingerprint density at radius 3 is 2.85 bits per heavy atom. The molecule has 0 atom stereocenters. The van der Waals surface area contributed by atoms with Crippen LogP contribution in [-0.2, 0) is 11.3 Å². The van der Waals surface area contributed by atoms with Crippen LogP contribution in [0.25, 0.3) is 10.9 Å². The number of anilines is 3. The minimum Gasteiger partial charge on any atom is -0.378 e. The first-order chi connectivity index (χ1) is 13.1. The summed E-state index contributed by atoms with van der Waals surface area (Å²) in [4.78, 5) is 25.5. The Labute approximate surface area is 154 Å². The van der Waals surface area contributed by atoms with Crippen LogP contribution >= 0.6 is 0 Å². The van der Waals surface area contributed by atoms with Crippen LogP contribution in [0.2, 0.25) is 0 Å². The molecule has 140 valence electrons. The van der Waals surface area contributed by atoms with Gasteiger partial charge in [-0.2, -0.15) is 9.97 Å². The van der Waals surface area contributed by atoms with Crippen molar-refractivity contribution in [2.24, 2.45) is 0 Å². The summed E-state index contributed by atoms with van der Waals surface area (Å²) < 4.78 is 18.6. The number of hydrogen-bond donors (Lipinski definition) is 3. The van der Waals surface area contributed by atoms with Crippen LogP contribution in [0.5, 0.6) is 0 Å². The molecular formula is C18H19FN6O2. The fraction of sp³-hybridized carbons (Fsp3) is 0.278. The Morgan fingerprint density at radius 1 is 1.22 bits per heavy atom. The van der Waals surface area contributed by atoms with Crippen LogP contribution in [-0.4, -0.2) is 41.3 Å². The number of aromatic amines is 1. The predicted octanol–water partition coefficient (Wildman–Crippen LogP) is 1.49. The first kappa shape index (κ1) is 17.2. The number of halogens is 1. The van der Waals surface area contributed by atoms with Gasteiger partial charge in [0.25, 0.3) is 5.56 Å². The molecule has 1 fully saturated rings. The molecule has 0 radical (unpaired) electrons. The van der Waals surface area contributed by atoms with E-state index in [1.165, 1.54) is 12.1 Å². The van der Waals surface area contributed by atoms with Crippen molar-refractivity contribution >= 4 is 28.5 Å². The first-order valence-corrected chi connectivity index (χ1v) is 8.61. The number of pyridine rings is 1. The fourth-order valence-electron chi connectivity index (χ4n) is 3.03. The zero-order chi connectivity index (χ0) is 18.8. The van der Waals surface area contributed by atoms with E-state index in [1.807, 2.05) is 0 Å². The van der Waals surface area contributed by atoms with Crippen LogP contribution in [0, 0.1) is 5.82 Å². The van der Waals surface area contributed by atoms with Crippen molar-refractivity contribution < 1.29 is 9.13 Å². The highest BCUT2D eigenvalue weighted by Gasteiger charge is 2.14. The standard InChI is InChI=1S/C18H19FN6O2/c19-13-2-1-11-7-12(17(26)22-14(11)8-13)10-21-15-9-16(24-18(20)23-15)25-3-5-27-6-4-25/h1-2,7-9H,3-6,10H2,(H,22,26)(H3,20,21,23,24). The summed E-state index contributed by atoms with van der Waals surface area (Å²) in [6, 6.07) is 7.81. The maximum Gasteiger partial charge on any atom is 0.253 e. The molecule has 1 aliphatic heterocycles. The number of benzene rings is 1. The molecule has 1 saturated heterocycles. The normalized spacial score (nSPS) is 14.5. The van der Waals surface area contributed by atoms with Crippen LogP contribution in [0.15, 0.2) is 35.1 Å². The third kappa shape index (κ3) is 3.82. The zero-order valence-corrected chi connectivity index (χ0v) is 14.5. The highest BCUT2D eigenvalue weighted by Crippen LogP contribution is 2.19. The van der Waals surface area contributed by atoms with Gasteiger partial charge in [-0.25, -0.2) is 4.39 Å². The number of nitrogens with two attached hydrogens (primary N) is 1. The Balaban J connectivity index is 1.55. The van der Waals surface area contributed by atoms with Crippen molar-refractivity contribution in [1.29, 1.82) is 0 Å². The minimum atomic E-state index is -0.392. The molecule has 4 N–H and O–H groups in total. The molecule has 4 rings (SSSR count). The zero-order valence-electron chi connectivity index (χ0n) is 14.5. The number of nitrogen functional groups attached to an aromatic ring is 1. The average Bonchev–Trinajstić information content (AvgIpc) is 2.66. The Hall–Kier alpha value is -3.20. The van der Waals surface area contributed by atoms with Gasteiger partial charge in [0, 0.05) is 31.3 Å². The van der Waals surface area contributed by atoms with Crippen molar-refractivity contribution in [2.45, 2.75) is 6.54 Å². The van der Waals surface area contributed by atoms with Gasteiger partial charge in [0.2, 0.25) is 5.95 Å². The number of morpholine rings is 1. The maximum atomic E-state index is 13.3. The fourth-order valence-corrected chi connectivity index (χ4v) is 3.03. The molecule has 1 aromatic carbocycles. The van der Waals surface area contributed by atoms with E-state index >= 15 is 0 Å². The SMILES string of the molecule is Nc1nc(NCc2cc3ccc(F)cc3[nH]c2=O)cc(N2CCOCC2)n1. The van der Waals surface area contributed by atoms with Crippen LogP contribution < -0.4 is 21.5 Å². The second kappa shape index (κ2) is 7.20. The Kier molecular flexibility index (Phi) is 4.59. The third-order valence-corrected chi connectivity index (χ3v) is 4.41. The number of hydrogen-bond acceptors (Lipinski definition) is 7. The number of fused-ring (bicyclic) bond motifs is 1. The van der Waals surface area contributed by atoms with Gasteiger partial charge < -0.3 is 25.7 Å². The molecule has 0 unspecified atom stereocenters. The van der Waals surface area contributed by atoms with Crippen molar-refractivity contribution in [3.05, 3.63) is 52.1 Å². The van der Waals surface area contributed by atoms with E-state index in [-0.39, 0.29) is 18.1 Å².